The fourth-order valence-corrected chi connectivity index (χ4v) is 6.39. The molecule has 0 radical (unpaired) electrons. The molecule has 0 saturated heterocycles. The third-order valence-electron chi connectivity index (χ3n) is 5.76. The first kappa shape index (κ1) is 29.2. The second-order valence-corrected chi connectivity index (χ2v) is 10.5. The molecule has 1 heterocycles. The molecule has 32 heavy (non-hydrogen) atoms. The van der Waals surface area contributed by atoms with Crippen molar-refractivity contribution >= 4 is 18.5 Å². The van der Waals surface area contributed by atoms with Crippen molar-refractivity contribution in [1.82, 2.24) is 10.3 Å². The normalized spacial score (nSPS) is 14.7. The number of nitrogens with one attached hydrogen (secondary N) is 1. The summed E-state index contributed by atoms with van der Waals surface area (Å²) in [5, 5.41) is 6.78. The summed E-state index contributed by atoms with van der Waals surface area (Å²) in [7, 11) is -0.345. The molecule has 1 aliphatic carbocycles. The Morgan fingerprint density at radius 3 is 2.06 bits per heavy atom. The predicted octanol–water partition coefficient (Wildman–Crippen LogP) is -0.690. The average Bonchev–Trinajstić information content (AvgIpc) is 2.77. The third-order valence-corrected chi connectivity index (χ3v) is 8.27. The number of rotatable bonds is 7. The topological polar surface area (TPSA) is 24.9 Å². The summed E-state index contributed by atoms with van der Waals surface area (Å²) in [6, 6.07) is 26.9. The number of benzene rings is 2. The molecule has 4 rings (SSSR count). The predicted molar refractivity (Wildman–Crippen MR) is 126 cm³/mol. The van der Waals surface area contributed by atoms with Crippen LogP contribution in [-0.2, 0) is 25.9 Å². The molecule has 3 aromatic rings. The summed E-state index contributed by atoms with van der Waals surface area (Å²) >= 11 is 0. The number of aromatic nitrogens is 1. The van der Waals surface area contributed by atoms with Gasteiger partial charge in [-0.2, -0.15) is 0 Å². The summed E-state index contributed by atoms with van der Waals surface area (Å²) in [6.45, 7) is 5.48. The maximum absolute atomic E-state index is 5.05. The molecule has 2 nitrogen and oxygen atoms in total. The van der Waals surface area contributed by atoms with Crippen LogP contribution in [0, 0.1) is 0 Å². The van der Waals surface area contributed by atoms with Crippen molar-refractivity contribution in [1.29, 1.82) is 0 Å². The molecule has 2 aromatic carbocycles. The maximum Gasteiger partial charge on any atom is 2.00 e. The standard InChI is InChI=1S/C26H31N2P.2ClH.Zn/c1-20(2)24-17-16-21-10-9-15-25(26(21)28-24)27-18-19-29(22-11-5-3-6-12-22)23-13-7-4-8-14-23;;;/h3-8,11-14,16-17,20,25,27H,9-10,15,18-19H2,1-2H3;2*1H;/q;;;+2/p-2. The zero-order valence-corrected chi connectivity index (χ0v) is 24.3. The van der Waals surface area contributed by atoms with E-state index in [1.54, 1.807) is 0 Å². The van der Waals surface area contributed by atoms with Gasteiger partial charge in [0.1, 0.15) is 0 Å². The first-order valence-electron chi connectivity index (χ1n) is 10.8. The summed E-state index contributed by atoms with van der Waals surface area (Å²) in [4.78, 5) is 5.05. The largest absolute Gasteiger partial charge is 2.00 e. The van der Waals surface area contributed by atoms with Crippen LogP contribution in [0.3, 0.4) is 0 Å². The molecule has 1 unspecified atom stereocenters. The Morgan fingerprint density at radius 1 is 0.906 bits per heavy atom. The Labute approximate surface area is 219 Å². The Balaban J connectivity index is 0.00000171. The van der Waals surface area contributed by atoms with Crippen molar-refractivity contribution in [2.75, 3.05) is 12.7 Å². The van der Waals surface area contributed by atoms with Gasteiger partial charge in [-0.1, -0.05) is 80.6 Å². The molecule has 0 aliphatic heterocycles. The number of hydrogen-bond donors (Lipinski definition) is 1. The van der Waals surface area contributed by atoms with E-state index in [1.807, 2.05) is 0 Å². The van der Waals surface area contributed by atoms with Gasteiger partial charge in [0.2, 0.25) is 0 Å². The first-order chi connectivity index (χ1) is 14.2. The van der Waals surface area contributed by atoms with Crippen LogP contribution in [-0.4, -0.2) is 17.7 Å². The summed E-state index contributed by atoms with van der Waals surface area (Å²) in [6.07, 6.45) is 4.76. The Hall–Kier alpha value is -0.817. The van der Waals surface area contributed by atoms with Crippen molar-refractivity contribution in [3.8, 4) is 0 Å². The van der Waals surface area contributed by atoms with Crippen LogP contribution in [0.5, 0.6) is 0 Å². The van der Waals surface area contributed by atoms with Gasteiger partial charge >= 0.3 is 19.5 Å². The molecule has 1 atom stereocenters. The molecule has 1 aliphatic rings. The van der Waals surface area contributed by atoms with E-state index >= 15 is 0 Å². The number of nitrogens with zero attached hydrogens (tertiary/aromatic N) is 1. The Bertz CT molecular complexity index is 886. The molecule has 0 amide bonds. The Morgan fingerprint density at radius 2 is 1.50 bits per heavy atom. The van der Waals surface area contributed by atoms with E-state index in [0.29, 0.717) is 12.0 Å². The SMILES string of the molecule is CC(C)c1ccc2c(n1)C(NCCP(c1ccccc1)c1ccccc1)CCC2.[Cl-].[Cl-].[Zn+2]. The monoisotopic (exact) mass is 536 g/mol. The molecule has 0 spiro atoms. The fourth-order valence-electron chi connectivity index (χ4n) is 4.16. The number of aryl methyl sites for hydroxylation is 1. The molecule has 0 fully saturated rings. The molecule has 166 valence electrons. The van der Waals surface area contributed by atoms with Gasteiger partial charge in [-0.05, 0) is 61.5 Å². The summed E-state index contributed by atoms with van der Waals surface area (Å²) in [5.41, 5.74) is 3.95. The van der Waals surface area contributed by atoms with Gasteiger partial charge < -0.3 is 30.1 Å². The number of fused-ring (bicyclic) bond motifs is 1. The van der Waals surface area contributed by atoms with Crippen LogP contribution in [0.2, 0.25) is 0 Å². The van der Waals surface area contributed by atoms with Crippen LogP contribution in [0.4, 0.5) is 0 Å². The quantitative estimate of drug-likeness (QED) is 0.318. The zero-order valence-electron chi connectivity index (χ0n) is 19.0. The van der Waals surface area contributed by atoms with Gasteiger partial charge in [-0.15, -0.1) is 0 Å². The van der Waals surface area contributed by atoms with Crippen LogP contribution in [0.15, 0.2) is 72.8 Å². The second-order valence-electron chi connectivity index (χ2n) is 8.16. The number of pyridine rings is 1. The van der Waals surface area contributed by atoms with E-state index in [2.05, 4.69) is 92.0 Å². The molecule has 6 heteroatoms. The van der Waals surface area contributed by atoms with Gasteiger partial charge in [-0.3, -0.25) is 4.98 Å². The van der Waals surface area contributed by atoms with Crippen molar-refractivity contribution in [3.63, 3.8) is 0 Å². The van der Waals surface area contributed by atoms with Crippen LogP contribution in [0.1, 0.15) is 55.6 Å². The average molecular weight is 539 g/mol. The minimum absolute atomic E-state index is 0. The number of hydrogen-bond acceptors (Lipinski definition) is 2. The minimum Gasteiger partial charge on any atom is -1.00 e. The van der Waals surface area contributed by atoms with Crippen molar-refractivity contribution in [3.05, 3.63) is 89.7 Å². The smallest absolute Gasteiger partial charge is 1.00 e. The van der Waals surface area contributed by atoms with Crippen LogP contribution >= 0.6 is 7.92 Å². The van der Waals surface area contributed by atoms with Gasteiger partial charge in [0, 0.05) is 18.3 Å². The van der Waals surface area contributed by atoms with E-state index in [9.17, 15) is 0 Å². The molecule has 1 aromatic heterocycles. The molecule has 0 bridgehead atoms. The summed E-state index contributed by atoms with van der Waals surface area (Å²) < 4.78 is 0. The Kier molecular flexibility index (Phi) is 13.2. The van der Waals surface area contributed by atoms with Crippen LogP contribution < -0.4 is 40.7 Å². The first-order valence-corrected chi connectivity index (χ1v) is 12.4. The van der Waals surface area contributed by atoms with Gasteiger partial charge in [0.15, 0.2) is 0 Å². The molecular weight excluding hydrogens is 508 g/mol. The number of halogens is 2. The maximum atomic E-state index is 5.05. The van der Waals surface area contributed by atoms with E-state index in [0.717, 1.165) is 12.7 Å². The fraction of sp³-hybridized carbons (Fsp3) is 0.346. The van der Waals surface area contributed by atoms with E-state index in [-0.39, 0.29) is 52.2 Å². The van der Waals surface area contributed by atoms with Crippen molar-refractivity contribution in [2.45, 2.75) is 45.1 Å². The summed E-state index contributed by atoms with van der Waals surface area (Å²) in [5.74, 6) is 0.479. The molecular formula is C26H31Cl2N2PZn. The van der Waals surface area contributed by atoms with Crippen molar-refractivity contribution in [2.24, 2.45) is 0 Å². The third kappa shape index (κ3) is 7.34. The second kappa shape index (κ2) is 14.4. The van der Waals surface area contributed by atoms with Crippen molar-refractivity contribution < 1.29 is 44.3 Å². The molecule has 0 saturated carbocycles. The molecule has 1 N–H and O–H groups in total. The van der Waals surface area contributed by atoms with Crippen LogP contribution in [0.25, 0.3) is 0 Å². The zero-order chi connectivity index (χ0) is 20.1. The van der Waals surface area contributed by atoms with E-state index in [1.165, 1.54) is 46.8 Å². The van der Waals surface area contributed by atoms with E-state index in [4.69, 9.17) is 4.98 Å². The van der Waals surface area contributed by atoms with Gasteiger partial charge in [0.05, 0.1) is 5.69 Å². The van der Waals surface area contributed by atoms with Gasteiger partial charge in [0.25, 0.3) is 0 Å². The van der Waals surface area contributed by atoms with Gasteiger partial charge in [-0.25, -0.2) is 0 Å². The van der Waals surface area contributed by atoms with E-state index < -0.39 is 0 Å². The minimum atomic E-state index is -0.345.